The average molecular weight is 1200 g/mol. The Hall–Kier alpha value is -2.38. The number of carbonyl (C=O) groups is 2. The lowest BCUT2D eigenvalue weighted by Gasteiger charge is -2.41. The van der Waals surface area contributed by atoms with Gasteiger partial charge in [-0.05, 0) is 64.2 Å². The molecular weight excluding hydrogens is 1060 g/mol. The molecule has 1 fully saturated rings. The third kappa shape index (κ3) is 49.1. The summed E-state index contributed by atoms with van der Waals surface area (Å²) in [5.74, 6) is -1.18. The maximum Gasteiger partial charge on any atom is 0.306 e. The lowest BCUT2D eigenvalue weighted by Crippen LogP contribution is -2.61. The van der Waals surface area contributed by atoms with Crippen molar-refractivity contribution < 1.29 is 49.3 Å². The molecule has 8 unspecified atom stereocenters. The maximum atomic E-state index is 13.5. The molecule has 0 aromatic carbocycles. The van der Waals surface area contributed by atoms with Gasteiger partial charge >= 0.3 is 5.97 Å². The van der Waals surface area contributed by atoms with Gasteiger partial charge in [0.1, 0.15) is 24.4 Å². The Morgan fingerprint density at radius 3 is 1.24 bits per heavy atom. The summed E-state index contributed by atoms with van der Waals surface area (Å²) in [5, 5.41) is 57.2. The molecule has 1 saturated heterocycles. The van der Waals surface area contributed by atoms with Crippen molar-refractivity contribution in [2.24, 2.45) is 0 Å². The quantitative estimate of drug-likeness (QED) is 0.0195. The van der Waals surface area contributed by atoms with E-state index in [0.29, 0.717) is 12.8 Å². The van der Waals surface area contributed by atoms with Gasteiger partial charge in [-0.25, -0.2) is 0 Å². The molecular formula is C74H137NO10. The second kappa shape index (κ2) is 61.8. The number of allylic oxidation sites excluding steroid dienone is 7. The van der Waals surface area contributed by atoms with Crippen molar-refractivity contribution >= 4 is 11.9 Å². The van der Waals surface area contributed by atoms with Crippen molar-refractivity contribution in [3.05, 3.63) is 48.6 Å². The molecule has 8 atom stereocenters. The van der Waals surface area contributed by atoms with Crippen LogP contribution < -0.4 is 5.32 Å². The van der Waals surface area contributed by atoms with E-state index >= 15 is 0 Å². The van der Waals surface area contributed by atoms with Gasteiger partial charge in [0, 0.05) is 6.42 Å². The number of hydrogen-bond donors (Lipinski definition) is 6. The van der Waals surface area contributed by atoms with Crippen molar-refractivity contribution in [1.82, 2.24) is 5.32 Å². The van der Waals surface area contributed by atoms with Crippen LogP contribution in [0.25, 0.3) is 0 Å². The fraction of sp³-hybridized carbons (Fsp3) is 0.865. The van der Waals surface area contributed by atoms with Crippen molar-refractivity contribution in [3.8, 4) is 0 Å². The van der Waals surface area contributed by atoms with Crippen LogP contribution in [0.2, 0.25) is 0 Å². The van der Waals surface area contributed by atoms with Gasteiger partial charge in [0.25, 0.3) is 0 Å². The molecule has 85 heavy (non-hydrogen) atoms. The van der Waals surface area contributed by atoms with E-state index in [1.54, 1.807) is 6.08 Å². The third-order valence-corrected chi connectivity index (χ3v) is 17.2. The second-order valence-corrected chi connectivity index (χ2v) is 25.3. The minimum Gasteiger partial charge on any atom is -0.454 e. The summed E-state index contributed by atoms with van der Waals surface area (Å²) in [6, 6.07) is -1.03. The summed E-state index contributed by atoms with van der Waals surface area (Å²) >= 11 is 0. The molecule has 1 aliphatic rings. The number of carbonyl (C=O) groups excluding carboxylic acids is 2. The van der Waals surface area contributed by atoms with Gasteiger partial charge in [0.05, 0.1) is 25.4 Å². The van der Waals surface area contributed by atoms with Gasteiger partial charge in [-0.3, -0.25) is 9.59 Å². The van der Waals surface area contributed by atoms with Crippen molar-refractivity contribution in [3.63, 3.8) is 0 Å². The Labute approximate surface area is 523 Å². The monoisotopic (exact) mass is 1200 g/mol. The minimum absolute atomic E-state index is 0.128. The number of ether oxygens (including phenoxy) is 3. The zero-order valence-electron chi connectivity index (χ0n) is 55.5. The first-order valence-corrected chi connectivity index (χ1v) is 36.4. The maximum absolute atomic E-state index is 13.5. The molecule has 11 nitrogen and oxygen atoms in total. The van der Waals surface area contributed by atoms with Crippen molar-refractivity contribution in [1.29, 1.82) is 0 Å². The molecule has 0 aromatic heterocycles. The van der Waals surface area contributed by atoms with Crippen LogP contribution in [-0.4, -0.2) is 99.6 Å². The lowest BCUT2D eigenvalue weighted by atomic mass is 9.99. The van der Waals surface area contributed by atoms with Gasteiger partial charge in [0.15, 0.2) is 12.4 Å². The normalized spacial score (nSPS) is 18.6. The van der Waals surface area contributed by atoms with Crippen LogP contribution in [0.1, 0.15) is 348 Å². The molecule has 1 amide bonds. The standard InChI is InChI=1S/C74H137NO10/c1-4-7-10-13-16-19-22-24-26-28-30-32-34-36-38-40-42-44-47-50-53-56-59-62-69(79)85-72-71(81)70(80)68(63-76)84-74(72)83-64-65(66(77)60-57-54-51-48-45-21-18-15-12-9-6-3)75-73(82)67(78)61-58-55-52-49-46-43-41-39-37-35-33-31-29-27-25-23-20-17-14-11-8-5-2/h17,20,25,27,31,33,57,60,65-68,70-72,74,76-78,80-81H,4-16,18-19,21-24,26,28-30,32,34-56,58-59,61-64H2,1-3H3,(H,75,82)/b20-17-,27-25-,33-31-,60-57+. The SMILES string of the molecule is CCCCC/C=C\C/C=C\C/C=C\CCCCCCCCCCCC(O)C(=O)NC(COC1OC(CO)C(O)C(O)C1OC(=O)CCCCCCCCCCCCCCCCCCCCCCCCC)C(O)/C=C/CCCCCCCCCCC. The zero-order valence-corrected chi connectivity index (χ0v) is 55.5. The molecule has 1 rings (SSSR count). The number of hydrogen-bond acceptors (Lipinski definition) is 10. The number of aliphatic hydroxyl groups is 5. The topological polar surface area (TPSA) is 175 Å². The summed E-state index contributed by atoms with van der Waals surface area (Å²) < 4.78 is 17.7. The smallest absolute Gasteiger partial charge is 0.306 e. The van der Waals surface area contributed by atoms with E-state index < -0.39 is 67.4 Å². The number of aliphatic hydroxyl groups excluding tert-OH is 5. The Balaban J connectivity index is 2.54. The predicted molar refractivity (Wildman–Crippen MR) is 357 cm³/mol. The highest BCUT2D eigenvalue weighted by Gasteiger charge is 2.47. The Kier molecular flexibility index (Phi) is 58.7. The highest BCUT2D eigenvalue weighted by atomic mass is 16.7. The van der Waals surface area contributed by atoms with Crippen LogP contribution in [0, 0.1) is 0 Å². The van der Waals surface area contributed by atoms with E-state index in [2.05, 4.69) is 62.5 Å². The molecule has 0 saturated carbocycles. The Bertz CT molecular complexity index is 1570. The van der Waals surface area contributed by atoms with Crippen LogP contribution in [0.15, 0.2) is 48.6 Å². The van der Waals surface area contributed by atoms with E-state index in [-0.39, 0.29) is 19.4 Å². The van der Waals surface area contributed by atoms with Gasteiger partial charge in [-0.1, -0.05) is 326 Å². The third-order valence-electron chi connectivity index (χ3n) is 17.2. The number of nitrogens with one attached hydrogen (secondary N) is 1. The molecule has 0 spiro atoms. The summed E-state index contributed by atoms with van der Waals surface area (Å²) in [6.45, 7) is 5.81. The molecule has 1 heterocycles. The molecule has 0 bridgehead atoms. The van der Waals surface area contributed by atoms with E-state index in [1.807, 2.05) is 6.08 Å². The van der Waals surface area contributed by atoms with Gasteiger partial charge < -0.3 is 45.1 Å². The predicted octanol–water partition coefficient (Wildman–Crippen LogP) is 18.7. The molecule has 1 aliphatic heterocycles. The van der Waals surface area contributed by atoms with Crippen molar-refractivity contribution in [2.45, 2.75) is 397 Å². The summed E-state index contributed by atoms with van der Waals surface area (Å²) in [6.07, 6.45) is 67.3. The zero-order chi connectivity index (χ0) is 61.7. The van der Waals surface area contributed by atoms with Gasteiger partial charge in [-0.15, -0.1) is 0 Å². The molecule has 6 N–H and O–H groups in total. The largest absolute Gasteiger partial charge is 0.454 e. The summed E-state index contributed by atoms with van der Waals surface area (Å²) in [5.41, 5.74) is 0. The van der Waals surface area contributed by atoms with Crippen LogP contribution in [0.4, 0.5) is 0 Å². The number of amides is 1. The van der Waals surface area contributed by atoms with Crippen LogP contribution in [-0.2, 0) is 23.8 Å². The molecule has 11 heteroatoms. The average Bonchev–Trinajstić information content (AvgIpc) is 3.63. The highest BCUT2D eigenvalue weighted by molar-refractivity contribution is 5.80. The van der Waals surface area contributed by atoms with E-state index in [1.165, 1.54) is 225 Å². The summed E-state index contributed by atoms with van der Waals surface area (Å²) in [4.78, 5) is 26.7. The highest BCUT2D eigenvalue weighted by Crippen LogP contribution is 2.26. The first kappa shape index (κ1) is 80.6. The molecule has 0 aromatic rings. The fourth-order valence-corrected chi connectivity index (χ4v) is 11.5. The first-order valence-electron chi connectivity index (χ1n) is 36.4. The number of rotatable bonds is 63. The molecule has 0 radical (unpaired) electrons. The fourth-order valence-electron chi connectivity index (χ4n) is 11.5. The van der Waals surface area contributed by atoms with Crippen molar-refractivity contribution in [2.75, 3.05) is 13.2 Å². The Morgan fingerprint density at radius 1 is 0.459 bits per heavy atom. The van der Waals surface area contributed by atoms with E-state index in [0.717, 1.165) is 77.0 Å². The first-order chi connectivity index (χ1) is 41.7. The number of esters is 1. The van der Waals surface area contributed by atoms with Gasteiger partial charge in [-0.2, -0.15) is 0 Å². The molecule has 498 valence electrons. The summed E-state index contributed by atoms with van der Waals surface area (Å²) in [7, 11) is 0. The van der Waals surface area contributed by atoms with Crippen LogP contribution in [0.3, 0.4) is 0 Å². The minimum atomic E-state index is -1.61. The van der Waals surface area contributed by atoms with Crippen LogP contribution >= 0.6 is 0 Å². The van der Waals surface area contributed by atoms with Gasteiger partial charge in [0.2, 0.25) is 5.91 Å². The number of unbranched alkanes of at least 4 members (excludes halogenated alkanes) is 43. The lowest BCUT2D eigenvalue weighted by molar-refractivity contribution is -0.305. The van der Waals surface area contributed by atoms with E-state index in [9.17, 15) is 35.1 Å². The van der Waals surface area contributed by atoms with Crippen LogP contribution in [0.5, 0.6) is 0 Å². The molecule has 0 aliphatic carbocycles. The Morgan fingerprint density at radius 2 is 0.812 bits per heavy atom. The van der Waals surface area contributed by atoms with E-state index in [4.69, 9.17) is 14.2 Å². The second-order valence-electron chi connectivity index (χ2n) is 25.3.